The number of carbonyl (C=O) groups excluding carboxylic acids is 1. The Morgan fingerprint density at radius 2 is 1.88 bits per heavy atom. The number of aromatic nitrogens is 1. The standard InChI is InChI=1S/C32H30ClN5O3/c1-4-37(2)29(20-35)32(41,23-11-9-21(10-12-23)31(40)36-16-6-15-34)24-13-14-28-27(18-24)26(19-30(39)38(28)3)22-7-5-8-25(33)17-22/h4-5,7-14,17-20,41H,1,6,16,35H2,2-3H3,(H,36,40)/b29-20-. The van der Waals surface area contributed by atoms with Gasteiger partial charge in [-0.15, -0.1) is 0 Å². The molecule has 1 aromatic heterocycles. The predicted octanol–water partition coefficient (Wildman–Crippen LogP) is 4.61. The molecule has 1 atom stereocenters. The third-order valence-electron chi connectivity index (χ3n) is 7.07. The van der Waals surface area contributed by atoms with Crippen LogP contribution >= 0.6 is 11.6 Å². The number of nitrogens with two attached hydrogens (primary N) is 1. The monoisotopic (exact) mass is 567 g/mol. The second-order valence-electron chi connectivity index (χ2n) is 9.49. The number of rotatable bonds is 9. The topological polar surface area (TPSA) is 124 Å². The number of pyridine rings is 1. The number of nitrogens with one attached hydrogen (secondary N) is 1. The minimum Gasteiger partial charge on any atom is -0.403 e. The van der Waals surface area contributed by atoms with Crippen LogP contribution in [-0.2, 0) is 12.6 Å². The van der Waals surface area contributed by atoms with Crippen LogP contribution in [0.15, 0.2) is 102 Å². The second kappa shape index (κ2) is 12.1. The maximum Gasteiger partial charge on any atom is 0.251 e. The van der Waals surface area contributed by atoms with E-state index in [1.54, 1.807) is 78.2 Å². The summed E-state index contributed by atoms with van der Waals surface area (Å²) in [4.78, 5) is 27.0. The van der Waals surface area contributed by atoms with E-state index in [4.69, 9.17) is 22.6 Å². The molecule has 208 valence electrons. The zero-order chi connectivity index (χ0) is 29.7. The first-order valence-electron chi connectivity index (χ1n) is 12.8. The molecule has 1 amide bonds. The molecule has 8 nitrogen and oxygen atoms in total. The zero-order valence-corrected chi connectivity index (χ0v) is 23.5. The van der Waals surface area contributed by atoms with Crippen LogP contribution in [0, 0.1) is 11.3 Å². The van der Waals surface area contributed by atoms with Crippen molar-refractivity contribution in [2.75, 3.05) is 13.6 Å². The largest absolute Gasteiger partial charge is 0.403 e. The predicted molar refractivity (Wildman–Crippen MR) is 162 cm³/mol. The number of benzene rings is 3. The number of nitrogens with zero attached hydrogens (tertiary/aromatic N) is 3. The van der Waals surface area contributed by atoms with Crippen LogP contribution < -0.4 is 16.6 Å². The fourth-order valence-electron chi connectivity index (χ4n) is 4.83. The lowest BCUT2D eigenvalue weighted by Crippen LogP contribution is -2.37. The Morgan fingerprint density at radius 1 is 1.17 bits per heavy atom. The van der Waals surface area contributed by atoms with Gasteiger partial charge in [-0.1, -0.05) is 48.5 Å². The first kappa shape index (κ1) is 29.2. The molecule has 0 saturated heterocycles. The maximum absolute atomic E-state index is 12.9. The van der Waals surface area contributed by atoms with Crippen molar-refractivity contribution in [3.63, 3.8) is 0 Å². The summed E-state index contributed by atoms with van der Waals surface area (Å²) >= 11 is 6.28. The smallest absolute Gasteiger partial charge is 0.251 e. The molecule has 0 aliphatic rings. The third-order valence-corrected chi connectivity index (χ3v) is 7.30. The molecule has 1 unspecified atom stereocenters. The molecule has 9 heteroatoms. The minimum absolute atomic E-state index is 0.187. The quantitative estimate of drug-likeness (QED) is 0.254. The van der Waals surface area contributed by atoms with Gasteiger partial charge in [0.2, 0.25) is 0 Å². The molecule has 3 aromatic carbocycles. The van der Waals surface area contributed by atoms with Gasteiger partial charge in [0, 0.05) is 48.9 Å². The van der Waals surface area contributed by atoms with Gasteiger partial charge >= 0.3 is 0 Å². The fraction of sp³-hybridized carbons (Fsp3) is 0.156. The Labute approximate surface area is 243 Å². The van der Waals surface area contributed by atoms with E-state index in [0.29, 0.717) is 38.5 Å². The minimum atomic E-state index is -1.78. The molecule has 0 radical (unpaired) electrons. The zero-order valence-electron chi connectivity index (χ0n) is 22.8. The van der Waals surface area contributed by atoms with Gasteiger partial charge in [-0.2, -0.15) is 5.26 Å². The molecule has 0 saturated carbocycles. The number of halogens is 1. The number of nitriles is 1. The van der Waals surface area contributed by atoms with E-state index in [1.807, 2.05) is 24.3 Å². The van der Waals surface area contributed by atoms with Crippen molar-refractivity contribution in [3.8, 4) is 17.2 Å². The number of hydrogen-bond donors (Lipinski definition) is 3. The Balaban J connectivity index is 1.95. The number of amides is 1. The molecule has 0 aliphatic heterocycles. The van der Waals surface area contributed by atoms with Crippen LogP contribution in [0.1, 0.15) is 27.9 Å². The average Bonchev–Trinajstić information content (AvgIpc) is 2.98. The summed E-state index contributed by atoms with van der Waals surface area (Å²) in [5.41, 5.74) is 7.83. The van der Waals surface area contributed by atoms with E-state index in [-0.39, 0.29) is 24.4 Å². The Morgan fingerprint density at radius 3 is 2.51 bits per heavy atom. The fourth-order valence-corrected chi connectivity index (χ4v) is 5.02. The number of aliphatic hydroxyl groups is 1. The first-order valence-corrected chi connectivity index (χ1v) is 13.2. The highest BCUT2D eigenvalue weighted by atomic mass is 35.5. The molecule has 4 N–H and O–H groups in total. The number of fused-ring (bicyclic) bond motifs is 1. The van der Waals surface area contributed by atoms with Gasteiger partial charge in [-0.25, -0.2) is 0 Å². The number of likely N-dealkylation sites (N-methyl/N-ethyl adjacent to an activating group) is 1. The molecular weight excluding hydrogens is 538 g/mol. The van der Waals surface area contributed by atoms with Crippen molar-refractivity contribution in [1.82, 2.24) is 14.8 Å². The summed E-state index contributed by atoms with van der Waals surface area (Å²) in [5.74, 6) is -0.328. The molecule has 0 bridgehead atoms. The van der Waals surface area contributed by atoms with Gasteiger partial charge < -0.3 is 25.6 Å². The van der Waals surface area contributed by atoms with Crippen molar-refractivity contribution < 1.29 is 9.90 Å². The molecule has 1 heterocycles. The maximum atomic E-state index is 12.9. The van der Waals surface area contributed by atoms with Crippen LogP contribution in [-0.4, -0.2) is 34.1 Å². The molecule has 4 aromatic rings. The highest BCUT2D eigenvalue weighted by Crippen LogP contribution is 2.40. The highest BCUT2D eigenvalue weighted by molar-refractivity contribution is 6.30. The van der Waals surface area contributed by atoms with E-state index < -0.39 is 5.60 Å². The summed E-state index contributed by atoms with van der Waals surface area (Å²) in [6.45, 7) is 4.06. The summed E-state index contributed by atoms with van der Waals surface area (Å²) in [6.07, 6.45) is 3.04. The van der Waals surface area contributed by atoms with E-state index in [1.165, 1.54) is 12.4 Å². The molecular formula is C32H30ClN5O3. The van der Waals surface area contributed by atoms with Gasteiger partial charge in [0.15, 0.2) is 5.60 Å². The Bertz CT molecular complexity index is 1750. The van der Waals surface area contributed by atoms with Crippen LogP contribution in [0.3, 0.4) is 0 Å². The van der Waals surface area contributed by atoms with Crippen LogP contribution in [0.25, 0.3) is 22.0 Å². The van der Waals surface area contributed by atoms with Crippen molar-refractivity contribution in [2.24, 2.45) is 12.8 Å². The lowest BCUT2D eigenvalue weighted by Gasteiger charge is -2.36. The lowest BCUT2D eigenvalue weighted by atomic mass is 9.81. The van der Waals surface area contributed by atoms with Crippen LogP contribution in [0.2, 0.25) is 5.02 Å². The molecule has 0 aliphatic carbocycles. The number of hydrogen-bond acceptors (Lipinski definition) is 6. The van der Waals surface area contributed by atoms with E-state index in [2.05, 4.69) is 11.9 Å². The summed E-state index contributed by atoms with van der Waals surface area (Å²) < 4.78 is 1.54. The van der Waals surface area contributed by atoms with E-state index >= 15 is 0 Å². The van der Waals surface area contributed by atoms with Gasteiger partial charge in [-0.05, 0) is 64.9 Å². The number of carbonyl (C=O) groups is 1. The summed E-state index contributed by atoms with van der Waals surface area (Å²) in [7, 11) is 3.41. The molecule has 4 rings (SSSR count). The Kier molecular flexibility index (Phi) is 8.62. The van der Waals surface area contributed by atoms with Crippen molar-refractivity contribution in [3.05, 3.63) is 130 Å². The average molecular weight is 568 g/mol. The second-order valence-corrected chi connectivity index (χ2v) is 9.93. The summed E-state index contributed by atoms with van der Waals surface area (Å²) in [5, 5.41) is 25.2. The lowest BCUT2D eigenvalue weighted by molar-refractivity contribution is 0.0944. The van der Waals surface area contributed by atoms with Gasteiger partial charge in [-0.3, -0.25) is 9.59 Å². The van der Waals surface area contributed by atoms with Crippen LogP contribution in [0.5, 0.6) is 0 Å². The first-order chi connectivity index (χ1) is 19.6. The normalized spacial score (nSPS) is 12.8. The summed E-state index contributed by atoms with van der Waals surface area (Å²) in [6, 6.07) is 22.6. The molecule has 0 spiro atoms. The third kappa shape index (κ3) is 5.59. The number of aryl methyl sites for hydroxylation is 1. The van der Waals surface area contributed by atoms with Gasteiger partial charge in [0.25, 0.3) is 11.5 Å². The van der Waals surface area contributed by atoms with Crippen LogP contribution in [0.4, 0.5) is 0 Å². The van der Waals surface area contributed by atoms with Crippen molar-refractivity contribution in [1.29, 1.82) is 5.26 Å². The van der Waals surface area contributed by atoms with Crippen molar-refractivity contribution >= 4 is 28.4 Å². The van der Waals surface area contributed by atoms with E-state index in [0.717, 1.165) is 10.9 Å². The van der Waals surface area contributed by atoms with E-state index in [9.17, 15) is 14.7 Å². The van der Waals surface area contributed by atoms with Gasteiger partial charge in [0.05, 0.1) is 23.7 Å². The molecule has 0 fully saturated rings. The van der Waals surface area contributed by atoms with Crippen molar-refractivity contribution in [2.45, 2.75) is 12.0 Å². The molecule has 41 heavy (non-hydrogen) atoms. The SMILES string of the molecule is C=CN(C)/C(=C\N)C(O)(c1ccc(C(=O)NCCC#N)cc1)c1ccc2c(c1)c(-c1cccc(Cl)c1)cc(=O)n2C. The highest BCUT2D eigenvalue weighted by Gasteiger charge is 2.38. The Hall–Kier alpha value is -4.84. The van der Waals surface area contributed by atoms with Gasteiger partial charge in [0.1, 0.15) is 0 Å².